The monoisotopic (exact) mass is 167 g/mol. The van der Waals surface area contributed by atoms with Crippen molar-refractivity contribution >= 4 is 0 Å². The minimum atomic E-state index is 0.623. The van der Waals surface area contributed by atoms with E-state index in [1.165, 1.54) is 32.2 Å². The van der Waals surface area contributed by atoms with E-state index < -0.39 is 0 Å². The van der Waals surface area contributed by atoms with Gasteiger partial charge in [-0.2, -0.15) is 0 Å². The normalized spacial score (nSPS) is 40.2. The van der Waals surface area contributed by atoms with Gasteiger partial charge in [0.25, 0.3) is 0 Å². The molecule has 0 aromatic carbocycles. The standard InChI is InChI=1S/C11H21N/c1-4-12-9-5-6-10(12)8-11(2,3)7-9/h9-10H,4-8H2,1-3H3. The molecule has 0 saturated carbocycles. The quantitative estimate of drug-likeness (QED) is 0.580. The third kappa shape index (κ3) is 1.28. The zero-order chi connectivity index (χ0) is 8.77. The zero-order valence-electron chi connectivity index (χ0n) is 8.64. The molecule has 0 aromatic rings. The smallest absolute Gasteiger partial charge is 0.0104 e. The van der Waals surface area contributed by atoms with E-state index in [0.717, 1.165) is 12.1 Å². The van der Waals surface area contributed by atoms with Gasteiger partial charge in [-0.1, -0.05) is 20.8 Å². The molecule has 0 amide bonds. The largest absolute Gasteiger partial charge is 0.298 e. The van der Waals surface area contributed by atoms with Crippen LogP contribution in [0.25, 0.3) is 0 Å². The van der Waals surface area contributed by atoms with Gasteiger partial charge in [-0.3, -0.25) is 4.90 Å². The predicted octanol–water partition coefficient (Wildman–Crippen LogP) is 2.66. The van der Waals surface area contributed by atoms with Crippen LogP contribution in [0.4, 0.5) is 0 Å². The van der Waals surface area contributed by atoms with Gasteiger partial charge in [-0.15, -0.1) is 0 Å². The van der Waals surface area contributed by atoms with E-state index in [9.17, 15) is 0 Å². The molecule has 2 heterocycles. The molecule has 0 aromatic heterocycles. The maximum atomic E-state index is 2.73. The van der Waals surface area contributed by atoms with Crippen molar-refractivity contribution in [2.45, 2.75) is 58.5 Å². The second-order valence-corrected chi connectivity index (χ2v) is 5.29. The summed E-state index contributed by atoms with van der Waals surface area (Å²) in [6.45, 7) is 8.45. The molecule has 2 fully saturated rings. The van der Waals surface area contributed by atoms with Crippen molar-refractivity contribution in [3.05, 3.63) is 0 Å². The Morgan fingerprint density at radius 3 is 2.08 bits per heavy atom. The Hall–Kier alpha value is -0.0400. The first-order valence-corrected chi connectivity index (χ1v) is 5.38. The summed E-state index contributed by atoms with van der Waals surface area (Å²) in [7, 11) is 0. The van der Waals surface area contributed by atoms with E-state index in [1.807, 2.05) is 0 Å². The van der Waals surface area contributed by atoms with E-state index in [4.69, 9.17) is 0 Å². The number of nitrogens with zero attached hydrogens (tertiary/aromatic N) is 1. The van der Waals surface area contributed by atoms with Gasteiger partial charge < -0.3 is 0 Å². The van der Waals surface area contributed by atoms with Gasteiger partial charge >= 0.3 is 0 Å². The van der Waals surface area contributed by atoms with E-state index in [0.29, 0.717) is 5.41 Å². The van der Waals surface area contributed by atoms with Crippen LogP contribution < -0.4 is 0 Å². The molecule has 2 bridgehead atoms. The summed E-state index contributed by atoms with van der Waals surface area (Å²) in [6.07, 6.45) is 5.78. The number of fused-ring (bicyclic) bond motifs is 2. The first kappa shape index (κ1) is 8.55. The summed E-state index contributed by atoms with van der Waals surface area (Å²) >= 11 is 0. The highest BCUT2D eigenvalue weighted by Gasteiger charge is 2.42. The zero-order valence-corrected chi connectivity index (χ0v) is 8.64. The molecule has 2 saturated heterocycles. The Labute approximate surface area is 76.1 Å². The molecule has 1 nitrogen and oxygen atoms in total. The third-order valence-corrected chi connectivity index (χ3v) is 3.71. The van der Waals surface area contributed by atoms with E-state index >= 15 is 0 Å². The van der Waals surface area contributed by atoms with Crippen molar-refractivity contribution in [3.63, 3.8) is 0 Å². The Bertz CT molecular complexity index is 158. The Kier molecular flexibility index (Phi) is 1.95. The molecule has 0 spiro atoms. The van der Waals surface area contributed by atoms with E-state index in [1.54, 1.807) is 0 Å². The van der Waals surface area contributed by atoms with Gasteiger partial charge in [0.05, 0.1) is 0 Å². The van der Waals surface area contributed by atoms with Crippen molar-refractivity contribution in [2.75, 3.05) is 6.54 Å². The van der Waals surface area contributed by atoms with Crippen molar-refractivity contribution in [2.24, 2.45) is 5.41 Å². The van der Waals surface area contributed by atoms with Gasteiger partial charge in [0.2, 0.25) is 0 Å². The topological polar surface area (TPSA) is 3.24 Å². The first-order chi connectivity index (χ1) is 5.62. The fourth-order valence-electron chi connectivity index (χ4n) is 3.33. The number of rotatable bonds is 1. The minimum Gasteiger partial charge on any atom is -0.298 e. The number of piperidine rings is 1. The Morgan fingerprint density at radius 2 is 1.67 bits per heavy atom. The van der Waals surface area contributed by atoms with Crippen LogP contribution in [0.1, 0.15) is 46.5 Å². The summed E-state index contributed by atoms with van der Waals surface area (Å²) in [5.41, 5.74) is 0.623. The molecule has 12 heavy (non-hydrogen) atoms. The Morgan fingerprint density at radius 1 is 1.17 bits per heavy atom. The van der Waals surface area contributed by atoms with Crippen molar-refractivity contribution in [1.82, 2.24) is 4.90 Å². The van der Waals surface area contributed by atoms with E-state index in [2.05, 4.69) is 25.7 Å². The average molecular weight is 167 g/mol. The fraction of sp³-hybridized carbons (Fsp3) is 1.00. The summed E-state index contributed by atoms with van der Waals surface area (Å²) in [6, 6.07) is 1.84. The van der Waals surface area contributed by atoms with E-state index in [-0.39, 0.29) is 0 Å². The van der Waals surface area contributed by atoms with Crippen LogP contribution in [0, 0.1) is 5.41 Å². The average Bonchev–Trinajstić information content (AvgIpc) is 2.23. The maximum Gasteiger partial charge on any atom is 0.0104 e. The molecular weight excluding hydrogens is 146 g/mol. The molecule has 2 aliphatic rings. The second-order valence-electron chi connectivity index (χ2n) is 5.29. The van der Waals surface area contributed by atoms with Crippen LogP contribution >= 0.6 is 0 Å². The Balaban J connectivity index is 2.11. The third-order valence-electron chi connectivity index (χ3n) is 3.71. The highest BCUT2D eigenvalue weighted by molar-refractivity contribution is 4.97. The molecule has 2 unspecified atom stereocenters. The van der Waals surface area contributed by atoms with Crippen molar-refractivity contribution < 1.29 is 0 Å². The summed E-state index contributed by atoms with van der Waals surface area (Å²) in [5, 5.41) is 0. The number of hydrogen-bond donors (Lipinski definition) is 0. The molecule has 0 radical (unpaired) electrons. The minimum absolute atomic E-state index is 0.623. The molecule has 1 heteroatoms. The van der Waals surface area contributed by atoms with Crippen molar-refractivity contribution in [3.8, 4) is 0 Å². The second kappa shape index (κ2) is 2.73. The lowest BCUT2D eigenvalue weighted by atomic mass is 9.78. The lowest BCUT2D eigenvalue weighted by Crippen LogP contribution is -2.45. The van der Waals surface area contributed by atoms with Gasteiger partial charge in [-0.25, -0.2) is 0 Å². The summed E-state index contributed by atoms with van der Waals surface area (Å²) in [5.74, 6) is 0. The molecule has 70 valence electrons. The van der Waals surface area contributed by atoms with Crippen LogP contribution in [0.2, 0.25) is 0 Å². The maximum absolute atomic E-state index is 2.73. The molecule has 2 aliphatic heterocycles. The van der Waals surface area contributed by atoms with Gasteiger partial charge in [0.1, 0.15) is 0 Å². The molecule has 2 rings (SSSR count). The van der Waals surface area contributed by atoms with Crippen LogP contribution in [0.15, 0.2) is 0 Å². The lowest BCUT2D eigenvalue weighted by Gasteiger charge is -2.42. The highest BCUT2D eigenvalue weighted by atomic mass is 15.2. The highest BCUT2D eigenvalue weighted by Crippen LogP contribution is 2.44. The molecule has 2 atom stereocenters. The molecular formula is C11H21N. The predicted molar refractivity (Wildman–Crippen MR) is 52.2 cm³/mol. The van der Waals surface area contributed by atoms with Gasteiger partial charge in [0, 0.05) is 12.1 Å². The summed E-state index contributed by atoms with van der Waals surface area (Å²) in [4.78, 5) is 2.73. The van der Waals surface area contributed by atoms with Gasteiger partial charge in [0.15, 0.2) is 0 Å². The molecule has 0 aliphatic carbocycles. The first-order valence-electron chi connectivity index (χ1n) is 5.38. The molecule has 0 N–H and O–H groups in total. The van der Waals surface area contributed by atoms with Crippen molar-refractivity contribution in [1.29, 1.82) is 0 Å². The fourth-order valence-corrected chi connectivity index (χ4v) is 3.33. The SMILES string of the molecule is CCN1C2CCC1CC(C)(C)C2. The summed E-state index contributed by atoms with van der Waals surface area (Å²) < 4.78 is 0. The van der Waals surface area contributed by atoms with Gasteiger partial charge in [-0.05, 0) is 37.6 Å². The lowest BCUT2D eigenvalue weighted by molar-refractivity contribution is 0.0675. The van der Waals surface area contributed by atoms with Crippen LogP contribution in [0.3, 0.4) is 0 Å². The van der Waals surface area contributed by atoms with Crippen LogP contribution in [-0.4, -0.2) is 23.5 Å². The van der Waals surface area contributed by atoms with Crippen LogP contribution in [-0.2, 0) is 0 Å². The van der Waals surface area contributed by atoms with Crippen LogP contribution in [0.5, 0.6) is 0 Å². The number of hydrogen-bond acceptors (Lipinski definition) is 1.